The van der Waals surface area contributed by atoms with Crippen molar-refractivity contribution in [1.82, 2.24) is 21.3 Å². The molecule has 0 bridgehead atoms. The summed E-state index contributed by atoms with van der Waals surface area (Å²) < 4.78 is 0. The van der Waals surface area contributed by atoms with Crippen LogP contribution in [0.5, 0.6) is 0 Å². The van der Waals surface area contributed by atoms with Crippen molar-refractivity contribution in [3.05, 3.63) is 59.7 Å². The Hall–Kier alpha value is -4.05. The van der Waals surface area contributed by atoms with Gasteiger partial charge in [-0.3, -0.25) is 24.0 Å². The maximum Gasteiger partial charge on any atom is 0.289 e. The third-order valence-electron chi connectivity index (χ3n) is 7.35. The number of aliphatic hydroxyl groups is 1. The summed E-state index contributed by atoms with van der Waals surface area (Å²) in [5.74, 6) is -4.03. The number of rotatable bonds is 10. The number of nitrogens with one attached hydrogen (secondary N) is 4. The zero-order chi connectivity index (χ0) is 28.3. The van der Waals surface area contributed by atoms with Gasteiger partial charge in [0.15, 0.2) is 5.60 Å². The highest BCUT2D eigenvalue weighted by Crippen LogP contribution is 2.47. The minimum absolute atomic E-state index is 0.0347. The molecule has 2 aliphatic rings. The Balaban J connectivity index is 1.60. The van der Waals surface area contributed by atoms with Crippen LogP contribution in [-0.2, 0) is 29.6 Å². The van der Waals surface area contributed by atoms with Gasteiger partial charge in [-0.15, -0.1) is 0 Å². The molecule has 0 saturated carbocycles. The van der Waals surface area contributed by atoms with Gasteiger partial charge in [-0.25, -0.2) is 0 Å². The van der Waals surface area contributed by atoms with Crippen LogP contribution in [0.25, 0.3) is 11.1 Å². The monoisotopic (exact) mass is 534 g/mol. The molecule has 5 N–H and O–H groups in total. The molecule has 0 aromatic heterocycles. The highest BCUT2D eigenvalue weighted by atomic mass is 16.3. The molecule has 39 heavy (non-hydrogen) atoms. The largest absolute Gasteiger partial charge is 0.372 e. The Morgan fingerprint density at radius 2 is 1.56 bits per heavy atom. The van der Waals surface area contributed by atoms with Gasteiger partial charge in [0.05, 0.1) is 6.04 Å². The van der Waals surface area contributed by atoms with Gasteiger partial charge >= 0.3 is 0 Å². The molecule has 1 heterocycles. The number of amides is 4. The van der Waals surface area contributed by atoms with Crippen LogP contribution in [0.2, 0.25) is 0 Å². The van der Waals surface area contributed by atoms with Crippen LogP contribution < -0.4 is 21.3 Å². The zero-order valence-electron chi connectivity index (χ0n) is 22.2. The molecule has 2 aromatic rings. The summed E-state index contributed by atoms with van der Waals surface area (Å²) in [7, 11) is 1.31. The van der Waals surface area contributed by atoms with Crippen molar-refractivity contribution in [2.45, 2.75) is 50.8 Å². The molecule has 4 amide bonds. The molecule has 2 aromatic carbocycles. The summed E-state index contributed by atoms with van der Waals surface area (Å²) in [6.07, 6.45) is 0.642. The second-order valence-electron chi connectivity index (χ2n) is 10.5. The minimum Gasteiger partial charge on any atom is -0.372 e. The van der Waals surface area contributed by atoms with Crippen molar-refractivity contribution in [2.24, 2.45) is 11.8 Å². The molecular formula is C29H34N4O6. The van der Waals surface area contributed by atoms with E-state index < -0.39 is 47.1 Å². The van der Waals surface area contributed by atoms with Crippen LogP contribution in [0, 0.1) is 11.8 Å². The standard InChI is InChI=1S/C29H34N4O6/c1-16(2)14-23(26(36)32-22(24(34)27(37)30-3)15-17-12-13-31-25(17)35)33-28(38)29(39)20-10-6-4-8-18(20)19-9-5-7-11-21(19)29/h4-11,16-17,22-23,39H,12-15H2,1-3H3,(H,30,37)(H,31,35)(H,32,36)(H,33,38). The summed E-state index contributed by atoms with van der Waals surface area (Å²) in [6, 6.07) is 11.7. The number of ketones is 1. The zero-order valence-corrected chi connectivity index (χ0v) is 22.2. The fraction of sp³-hybridized carbons (Fsp3) is 0.414. The van der Waals surface area contributed by atoms with E-state index >= 15 is 0 Å². The second kappa shape index (κ2) is 11.4. The van der Waals surface area contributed by atoms with E-state index in [1.807, 2.05) is 38.1 Å². The van der Waals surface area contributed by atoms with Crippen LogP contribution in [0.15, 0.2) is 48.5 Å². The molecule has 4 rings (SSSR count). The Labute approximate surface area is 226 Å². The molecule has 10 heteroatoms. The maximum atomic E-state index is 13.8. The highest BCUT2D eigenvalue weighted by Gasteiger charge is 2.48. The third kappa shape index (κ3) is 5.42. The van der Waals surface area contributed by atoms with Crippen molar-refractivity contribution in [1.29, 1.82) is 0 Å². The van der Waals surface area contributed by atoms with E-state index in [0.29, 0.717) is 24.1 Å². The first-order valence-electron chi connectivity index (χ1n) is 13.1. The number of carbonyl (C=O) groups excluding carboxylic acids is 5. The van der Waals surface area contributed by atoms with Crippen LogP contribution in [-0.4, -0.2) is 60.2 Å². The molecule has 1 aliphatic carbocycles. The van der Waals surface area contributed by atoms with Gasteiger partial charge in [-0.2, -0.15) is 0 Å². The van der Waals surface area contributed by atoms with Gasteiger partial charge in [-0.05, 0) is 36.3 Å². The Morgan fingerprint density at radius 3 is 2.08 bits per heavy atom. The molecule has 10 nitrogen and oxygen atoms in total. The van der Waals surface area contributed by atoms with Gasteiger partial charge < -0.3 is 26.4 Å². The number of benzene rings is 2. The van der Waals surface area contributed by atoms with E-state index in [2.05, 4.69) is 21.3 Å². The number of carbonyl (C=O) groups is 5. The molecular weight excluding hydrogens is 500 g/mol. The number of hydrogen-bond acceptors (Lipinski definition) is 6. The van der Waals surface area contributed by atoms with E-state index in [9.17, 15) is 29.1 Å². The Kier molecular flexibility index (Phi) is 8.15. The molecule has 0 spiro atoms. The average molecular weight is 535 g/mol. The Morgan fingerprint density at radius 1 is 0.974 bits per heavy atom. The molecule has 0 radical (unpaired) electrons. The maximum absolute atomic E-state index is 13.8. The van der Waals surface area contributed by atoms with Crippen molar-refractivity contribution in [2.75, 3.05) is 13.6 Å². The first kappa shape index (κ1) is 28.0. The van der Waals surface area contributed by atoms with E-state index in [1.165, 1.54) is 7.05 Å². The van der Waals surface area contributed by atoms with Gasteiger partial charge in [0.1, 0.15) is 6.04 Å². The first-order valence-corrected chi connectivity index (χ1v) is 13.1. The van der Waals surface area contributed by atoms with Crippen LogP contribution >= 0.6 is 0 Å². The fourth-order valence-corrected chi connectivity index (χ4v) is 5.36. The lowest BCUT2D eigenvalue weighted by Crippen LogP contribution is -2.57. The van der Waals surface area contributed by atoms with Gasteiger partial charge in [0.2, 0.25) is 17.6 Å². The number of likely N-dealkylation sites (N-methyl/N-ethyl adjacent to an activating group) is 1. The minimum atomic E-state index is -2.03. The number of Topliss-reactive ketones (excluding diaryl/α,β-unsaturated/α-hetero) is 1. The predicted molar refractivity (Wildman–Crippen MR) is 143 cm³/mol. The molecule has 3 atom stereocenters. The van der Waals surface area contributed by atoms with E-state index in [4.69, 9.17) is 0 Å². The smallest absolute Gasteiger partial charge is 0.289 e. The summed E-state index contributed by atoms with van der Waals surface area (Å²) in [6.45, 7) is 4.20. The first-order chi connectivity index (χ1) is 18.6. The van der Waals surface area contributed by atoms with Crippen molar-refractivity contribution in [3.63, 3.8) is 0 Å². The van der Waals surface area contributed by atoms with Crippen molar-refractivity contribution >= 4 is 29.4 Å². The molecule has 1 aliphatic heterocycles. The van der Waals surface area contributed by atoms with E-state index in [0.717, 1.165) is 11.1 Å². The third-order valence-corrected chi connectivity index (χ3v) is 7.35. The van der Waals surface area contributed by atoms with Crippen molar-refractivity contribution < 1.29 is 29.1 Å². The van der Waals surface area contributed by atoms with E-state index in [1.54, 1.807) is 24.3 Å². The quantitative estimate of drug-likeness (QED) is 0.284. The lowest BCUT2D eigenvalue weighted by Gasteiger charge is -2.29. The lowest BCUT2D eigenvalue weighted by atomic mass is 9.89. The fourth-order valence-electron chi connectivity index (χ4n) is 5.36. The highest BCUT2D eigenvalue weighted by molar-refractivity contribution is 6.38. The summed E-state index contributed by atoms with van der Waals surface area (Å²) in [4.78, 5) is 64.4. The molecule has 1 saturated heterocycles. The SMILES string of the molecule is CNC(=O)C(=O)C(CC1CCNC1=O)NC(=O)C(CC(C)C)NC(=O)C1(O)c2ccccc2-c2ccccc21. The van der Waals surface area contributed by atoms with Crippen molar-refractivity contribution in [3.8, 4) is 11.1 Å². The van der Waals surface area contributed by atoms with Gasteiger partial charge in [0.25, 0.3) is 11.8 Å². The molecule has 3 unspecified atom stereocenters. The van der Waals surface area contributed by atoms with Gasteiger partial charge in [-0.1, -0.05) is 62.4 Å². The van der Waals surface area contributed by atoms with Crippen LogP contribution in [0.1, 0.15) is 44.2 Å². The normalized spacial score (nSPS) is 18.4. The lowest BCUT2D eigenvalue weighted by molar-refractivity contribution is -0.142. The summed E-state index contributed by atoms with van der Waals surface area (Å²) in [5, 5.41) is 22.1. The summed E-state index contributed by atoms with van der Waals surface area (Å²) >= 11 is 0. The molecule has 1 fully saturated rings. The average Bonchev–Trinajstić information content (AvgIpc) is 3.45. The molecule has 206 valence electrons. The summed E-state index contributed by atoms with van der Waals surface area (Å²) in [5.41, 5.74) is 0.241. The van der Waals surface area contributed by atoms with Crippen LogP contribution in [0.3, 0.4) is 0 Å². The van der Waals surface area contributed by atoms with E-state index in [-0.39, 0.29) is 24.7 Å². The Bertz CT molecular complexity index is 1260. The van der Waals surface area contributed by atoms with Crippen LogP contribution in [0.4, 0.5) is 0 Å². The predicted octanol–water partition coefficient (Wildman–Crippen LogP) is 0.760. The van der Waals surface area contributed by atoms with Gasteiger partial charge in [0, 0.05) is 30.6 Å². The number of fused-ring (bicyclic) bond motifs is 3. The topological polar surface area (TPSA) is 154 Å². The second-order valence-corrected chi connectivity index (χ2v) is 10.5. The number of hydrogen-bond donors (Lipinski definition) is 5.